The van der Waals surface area contributed by atoms with E-state index < -0.39 is 5.91 Å². The molecule has 32 heavy (non-hydrogen) atoms. The van der Waals surface area contributed by atoms with E-state index in [1.54, 1.807) is 19.2 Å². The van der Waals surface area contributed by atoms with Crippen LogP contribution in [-0.4, -0.2) is 44.6 Å². The van der Waals surface area contributed by atoms with E-state index in [0.29, 0.717) is 42.7 Å². The summed E-state index contributed by atoms with van der Waals surface area (Å²) in [6.45, 7) is 5.36. The second-order valence-corrected chi connectivity index (χ2v) is 6.46. The number of methoxy groups -OCH3 is 1. The number of carbonyl (C=O) groups excluding carboxylic acids is 2. The van der Waals surface area contributed by atoms with Crippen molar-refractivity contribution in [1.29, 1.82) is 0 Å². The van der Waals surface area contributed by atoms with E-state index in [2.05, 4.69) is 20.9 Å². The topological polar surface area (TPSA) is 127 Å². The first-order valence-electron chi connectivity index (χ1n) is 9.98. The highest BCUT2D eigenvalue weighted by molar-refractivity contribution is 14.0. The van der Waals surface area contributed by atoms with E-state index in [-0.39, 0.29) is 36.4 Å². The minimum absolute atomic E-state index is 0. The van der Waals surface area contributed by atoms with Gasteiger partial charge in [-0.2, -0.15) is 0 Å². The normalized spacial score (nSPS) is 10.5. The zero-order valence-corrected chi connectivity index (χ0v) is 20.8. The molecule has 0 heterocycles. The first-order chi connectivity index (χ1) is 15.0. The number of benzene rings is 2. The summed E-state index contributed by atoms with van der Waals surface area (Å²) in [5.41, 5.74) is 7.21. The Balaban J connectivity index is 0.00000512. The maximum absolute atomic E-state index is 11.9. The van der Waals surface area contributed by atoms with Crippen molar-refractivity contribution in [1.82, 2.24) is 10.6 Å². The molecule has 0 unspecified atom stereocenters. The average molecular weight is 555 g/mol. The molecule has 0 spiro atoms. The number of anilines is 1. The molecule has 2 rings (SSSR count). The molecule has 0 saturated carbocycles. The van der Waals surface area contributed by atoms with Crippen LogP contribution in [0.2, 0.25) is 0 Å². The second kappa shape index (κ2) is 14.1. The summed E-state index contributed by atoms with van der Waals surface area (Å²) in [6.07, 6.45) is 0. The Morgan fingerprint density at radius 2 is 1.75 bits per heavy atom. The van der Waals surface area contributed by atoms with Gasteiger partial charge in [0.2, 0.25) is 5.91 Å². The highest BCUT2D eigenvalue weighted by Crippen LogP contribution is 2.30. The number of primary amides is 1. The maximum Gasteiger partial charge on any atom is 0.251 e. The number of nitrogens with two attached hydrogens (primary N) is 1. The molecule has 2 amide bonds. The molecule has 0 atom stereocenters. The van der Waals surface area contributed by atoms with Crippen molar-refractivity contribution in [3.05, 3.63) is 53.6 Å². The number of nitrogens with zero attached hydrogens (tertiary/aromatic N) is 1. The lowest BCUT2D eigenvalue weighted by Gasteiger charge is -2.14. The molecule has 0 fully saturated rings. The number of hydrogen-bond acceptors (Lipinski definition) is 5. The average Bonchev–Trinajstić information content (AvgIpc) is 2.77. The van der Waals surface area contributed by atoms with Crippen molar-refractivity contribution < 1.29 is 19.1 Å². The van der Waals surface area contributed by atoms with Gasteiger partial charge in [0.25, 0.3) is 5.91 Å². The summed E-state index contributed by atoms with van der Waals surface area (Å²) in [7, 11) is 1.60. The minimum atomic E-state index is -0.590. The zero-order valence-electron chi connectivity index (χ0n) is 18.4. The van der Waals surface area contributed by atoms with Crippen LogP contribution in [0.25, 0.3) is 0 Å². The molecule has 174 valence electrons. The Labute approximate surface area is 205 Å². The third kappa shape index (κ3) is 8.61. The van der Waals surface area contributed by atoms with Crippen LogP contribution < -0.4 is 31.2 Å². The lowest BCUT2D eigenvalue weighted by atomic mass is 10.1. The minimum Gasteiger partial charge on any atom is -0.493 e. The number of rotatable bonds is 10. The van der Waals surface area contributed by atoms with Gasteiger partial charge in [-0.1, -0.05) is 12.1 Å². The van der Waals surface area contributed by atoms with Crippen molar-refractivity contribution in [3.8, 4) is 11.5 Å². The van der Waals surface area contributed by atoms with E-state index in [0.717, 1.165) is 11.3 Å². The van der Waals surface area contributed by atoms with Gasteiger partial charge in [-0.3, -0.25) is 9.59 Å². The largest absolute Gasteiger partial charge is 0.493 e. The standard InChI is InChI=1S/C22H29N5O4.HI/c1-4-24-22(27-17-10-11-18(31-5-2)19(12-17)30-3)26-13-15-6-8-16(9-7-15)21(29)25-14-20(23)28;/h6-12H,4-5,13-14H2,1-3H3,(H2,23,28)(H,25,29)(H2,24,26,27);1H. The Morgan fingerprint density at radius 3 is 2.34 bits per heavy atom. The molecule has 10 heteroatoms. The van der Waals surface area contributed by atoms with Crippen LogP contribution in [0.4, 0.5) is 5.69 Å². The molecule has 2 aromatic rings. The molecule has 5 N–H and O–H groups in total. The van der Waals surface area contributed by atoms with E-state index in [1.165, 1.54) is 0 Å². The number of amides is 2. The predicted octanol–water partition coefficient (Wildman–Crippen LogP) is 2.50. The number of nitrogens with one attached hydrogen (secondary N) is 3. The Kier molecular flexibility index (Phi) is 11.9. The molecule has 0 aliphatic rings. The van der Waals surface area contributed by atoms with E-state index in [9.17, 15) is 9.59 Å². The molecule has 0 aliphatic heterocycles. The van der Waals surface area contributed by atoms with Crippen LogP contribution in [0.5, 0.6) is 11.5 Å². The van der Waals surface area contributed by atoms with E-state index in [4.69, 9.17) is 15.2 Å². The summed E-state index contributed by atoms with van der Waals surface area (Å²) in [5, 5.41) is 8.89. The quantitative estimate of drug-likeness (QED) is 0.203. The molecule has 9 nitrogen and oxygen atoms in total. The number of guanidine groups is 1. The fourth-order valence-electron chi connectivity index (χ4n) is 2.67. The van der Waals surface area contributed by atoms with Crippen molar-refractivity contribution in [2.24, 2.45) is 10.7 Å². The van der Waals surface area contributed by atoms with Crippen LogP contribution in [0.15, 0.2) is 47.5 Å². The van der Waals surface area contributed by atoms with Gasteiger partial charge in [0.05, 0.1) is 26.8 Å². The zero-order chi connectivity index (χ0) is 22.6. The van der Waals surface area contributed by atoms with Gasteiger partial charge in [-0.05, 0) is 43.7 Å². The second-order valence-electron chi connectivity index (χ2n) is 6.46. The summed E-state index contributed by atoms with van der Waals surface area (Å²) < 4.78 is 10.9. The van der Waals surface area contributed by atoms with Crippen molar-refractivity contribution >= 4 is 47.4 Å². The van der Waals surface area contributed by atoms with Gasteiger partial charge in [0, 0.05) is 23.9 Å². The van der Waals surface area contributed by atoms with Gasteiger partial charge in [0.15, 0.2) is 17.5 Å². The highest BCUT2D eigenvalue weighted by atomic mass is 127. The molecule has 0 saturated heterocycles. The molecular formula is C22H30IN5O4. The molecule has 0 bridgehead atoms. The van der Waals surface area contributed by atoms with Gasteiger partial charge in [-0.25, -0.2) is 4.99 Å². The van der Waals surface area contributed by atoms with Gasteiger partial charge < -0.3 is 31.2 Å². The predicted molar refractivity (Wildman–Crippen MR) is 136 cm³/mol. The van der Waals surface area contributed by atoms with Crippen molar-refractivity contribution in [2.75, 3.05) is 32.1 Å². The third-order valence-electron chi connectivity index (χ3n) is 4.13. The summed E-state index contributed by atoms with van der Waals surface area (Å²) in [5.74, 6) is 0.976. The smallest absolute Gasteiger partial charge is 0.251 e. The fraction of sp³-hybridized carbons (Fsp3) is 0.318. The molecule has 0 aliphatic carbocycles. The first kappa shape index (κ1) is 27.0. The number of ether oxygens (including phenoxy) is 2. The van der Waals surface area contributed by atoms with Crippen LogP contribution in [0.3, 0.4) is 0 Å². The van der Waals surface area contributed by atoms with E-state index in [1.807, 2.05) is 44.2 Å². The highest BCUT2D eigenvalue weighted by Gasteiger charge is 2.08. The third-order valence-corrected chi connectivity index (χ3v) is 4.13. The van der Waals surface area contributed by atoms with Gasteiger partial charge >= 0.3 is 0 Å². The monoisotopic (exact) mass is 555 g/mol. The number of aliphatic imine (C=N–C) groups is 1. The lowest BCUT2D eigenvalue weighted by molar-refractivity contribution is -0.117. The number of hydrogen-bond donors (Lipinski definition) is 4. The molecule has 0 aromatic heterocycles. The lowest BCUT2D eigenvalue weighted by Crippen LogP contribution is -2.33. The Morgan fingerprint density at radius 1 is 1.03 bits per heavy atom. The van der Waals surface area contributed by atoms with Crippen LogP contribution in [0, 0.1) is 0 Å². The Hall–Kier alpha value is -3.02. The summed E-state index contributed by atoms with van der Waals surface area (Å²) in [4.78, 5) is 27.3. The summed E-state index contributed by atoms with van der Waals surface area (Å²) >= 11 is 0. The van der Waals surface area contributed by atoms with Gasteiger partial charge in [-0.15, -0.1) is 24.0 Å². The Bertz CT molecular complexity index is 919. The van der Waals surface area contributed by atoms with E-state index >= 15 is 0 Å². The molecule has 0 radical (unpaired) electrons. The number of halogens is 1. The number of carbonyl (C=O) groups is 2. The SMILES string of the molecule is CCNC(=NCc1ccc(C(=O)NCC(N)=O)cc1)Nc1ccc(OCC)c(OC)c1.I. The van der Waals surface area contributed by atoms with Crippen LogP contribution >= 0.6 is 24.0 Å². The van der Waals surface area contributed by atoms with Crippen LogP contribution in [0.1, 0.15) is 29.8 Å². The van der Waals surface area contributed by atoms with Crippen LogP contribution in [-0.2, 0) is 11.3 Å². The molecular weight excluding hydrogens is 525 g/mol. The van der Waals surface area contributed by atoms with Crippen molar-refractivity contribution in [3.63, 3.8) is 0 Å². The first-order valence-corrected chi connectivity index (χ1v) is 9.98. The van der Waals surface area contributed by atoms with Crippen molar-refractivity contribution in [2.45, 2.75) is 20.4 Å². The summed E-state index contributed by atoms with van der Waals surface area (Å²) in [6, 6.07) is 12.6. The molecule has 2 aromatic carbocycles. The van der Waals surface area contributed by atoms with Gasteiger partial charge in [0.1, 0.15) is 0 Å². The fourth-order valence-corrected chi connectivity index (χ4v) is 2.67. The maximum atomic E-state index is 11.9.